The molecule has 3 N–H and O–H groups in total. The first-order chi connectivity index (χ1) is 13.6. The number of aromatic nitrogens is 3. The zero-order valence-corrected chi connectivity index (χ0v) is 17.0. The minimum absolute atomic E-state index is 0.307. The molecule has 7 nitrogen and oxygen atoms in total. The fourth-order valence-electron chi connectivity index (χ4n) is 3.43. The minimum Gasteiger partial charge on any atom is -0.351 e. The summed E-state index contributed by atoms with van der Waals surface area (Å²) in [5.41, 5.74) is 1.10. The van der Waals surface area contributed by atoms with Crippen molar-refractivity contribution >= 4 is 40.5 Å². The summed E-state index contributed by atoms with van der Waals surface area (Å²) in [7, 11) is 0. The number of nitrogens with two attached hydrogens (primary N) is 1. The summed E-state index contributed by atoms with van der Waals surface area (Å²) < 4.78 is 3.41. The van der Waals surface area contributed by atoms with Crippen LogP contribution in [0.15, 0.2) is 41.3 Å². The number of fused-ring (bicyclic) bond motifs is 1. The Labute approximate surface area is 172 Å². The number of nitrogens with zero attached hydrogens (tertiary/aromatic N) is 4. The maximum Gasteiger partial charge on any atom is 0.278 e. The van der Waals surface area contributed by atoms with Crippen LogP contribution in [0.25, 0.3) is 22.2 Å². The van der Waals surface area contributed by atoms with Gasteiger partial charge in [0.2, 0.25) is 5.95 Å². The van der Waals surface area contributed by atoms with Crippen LogP contribution in [0, 0.1) is 0 Å². The van der Waals surface area contributed by atoms with Gasteiger partial charge in [-0.3, -0.25) is 9.10 Å². The third-order valence-electron chi connectivity index (χ3n) is 4.98. The summed E-state index contributed by atoms with van der Waals surface area (Å²) in [5.74, 6) is 6.56. The van der Waals surface area contributed by atoms with E-state index in [0.717, 1.165) is 30.6 Å². The Balaban J connectivity index is 1.66. The van der Waals surface area contributed by atoms with Crippen LogP contribution in [-0.4, -0.2) is 44.3 Å². The molecule has 0 aliphatic carbocycles. The molecule has 146 valence electrons. The molecule has 4 rings (SSSR count). The van der Waals surface area contributed by atoms with E-state index in [1.165, 1.54) is 0 Å². The maximum atomic E-state index is 12.8. The Hall–Kier alpha value is -2.29. The van der Waals surface area contributed by atoms with Crippen LogP contribution in [0.2, 0.25) is 5.02 Å². The Morgan fingerprint density at radius 1 is 1.25 bits per heavy atom. The van der Waals surface area contributed by atoms with E-state index in [2.05, 4.69) is 25.8 Å². The number of halogens is 1. The number of nitrogens with one attached hydrogen (secondary N) is 1. The van der Waals surface area contributed by atoms with Crippen molar-refractivity contribution in [2.75, 3.05) is 30.5 Å². The van der Waals surface area contributed by atoms with Gasteiger partial charge in [0.15, 0.2) is 5.65 Å². The van der Waals surface area contributed by atoms with E-state index in [1.807, 2.05) is 12.1 Å². The van der Waals surface area contributed by atoms with Gasteiger partial charge in [0.05, 0.1) is 5.56 Å². The van der Waals surface area contributed by atoms with Crippen LogP contribution in [0.1, 0.15) is 12.8 Å². The molecule has 0 bridgehead atoms. The van der Waals surface area contributed by atoms with Crippen molar-refractivity contribution in [1.82, 2.24) is 18.9 Å². The molecule has 9 heteroatoms. The predicted octanol–water partition coefficient (Wildman–Crippen LogP) is 2.98. The first-order valence-corrected chi connectivity index (χ1v) is 10.6. The Morgan fingerprint density at radius 3 is 2.71 bits per heavy atom. The van der Waals surface area contributed by atoms with Crippen molar-refractivity contribution in [2.45, 2.75) is 18.9 Å². The normalized spacial score (nSPS) is 15.8. The predicted molar refractivity (Wildman–Crippen MR) is 116 cm³/mol. The van der Waals surface area contributed by atoms with Crippen molar-refractivity contribution in [1.29, 1.82) is 0 Å². The van der Waals surface area contributed by atoms with Gasteiger partial charge >= 0.3 is 0 Å². The monoisotopic (exact) mass is 416 g/mol. The molecular weight excluding hydrogens is 396 g/mol. The van der Waals surface area contributed by atoms with E-state index < -0.39 is 0 Å². The standard InChI is InChI=1S/C19H21ClN6OS/c1-28-25-8-6-13(7-9-25)23-19-22-11-12-10-15(14-4-2-3-5-16(14)20)18(27)26(21)17(12)24-19/h2-5,10-11,13H,6-9,21H2,1H3,(H,22,23,24). The number of nitrogen functional groups attached to an aromatic ring is 1. The van der Waals surface area contributed by atoms with Crippen molar-refractivity contribution in [2.24, 2.45) is 0 Å². The summed E-state index contributed by atoms with van der Waals surface area (Å²) in [5, 5.41) is 4.55. The van der Waals surface area contributed by atoms with Crippen molar-refractivity contribution in [3.8, 4) is 11.1 Å². The molecular formula is C19H21ClN6OS. The van der Waals surface area contributed by atoms with Crippen molar-refractivity contribution in [3.63, 3.8) is 0 Å². The fraction of sp³-hybridized carbons (Fsp3) is 0.316. The molecule has 1 aromatic carbocycles. The molecule has 0 spiro atoms. The second kappa shape index (κ2) is 7.98. The van der Waals surface area contributed by atoms with Gasteiger partial charge in [0, 0.05) is 41.3 Å². The van der Waals surface area contributed by atoms with Crippen LogP contribution in [-0.2, 0) is 0 Å². The van der Waals surface area contributed by atoms with Gasteiger partial charge in [-0.25, -0.2) is 9.66 Å². The topological polar surface area (TPSA) is 89.1 Å². The molecule has 1 saturated heterocycles. The SMILES string of the molecule is CSN1CCC(Nc2ncc3cc(-c4ccccc4Cl)c(=O)n(N)c3n2)CC1. The summed E-state index contributed by atoms with van der Waals surface area (Å²) in [6.07, 6.45) is 5.81. The van der Waals surface area contributed by atoms with E-state index >= 15 is 0 Å². The minimum atomic E-state index is -0.349. The van der Waals surface area contributed by atoms with Gasteiger partial charge in [-0.15, -0.1) is 0 Å². The van der Waals surface area contributed by atoms with Crippen LogP contribution < -0.4 is 16.7 Å². The second-order valence-corrected chi connectivity index (χ2v) is 8.00. The molecule has 0 atom stereocenters. The molecule has 0 unspecified atom stereocenters. The molecule has 1 fully saturated rings. The quantitative estimate of drug-likeness (QED) is 0.499. The molecule has 0 saturated carbocycles. The molecule has 1 aliphatic rings. The first-order valence-electron chi connectivity index (χ1n) is 9.05. The van der Waals surface area contributed by atoms with Gasteiger partial charge in [-0.1, -0.05) is 41.7 Å². The summed E-state index contributed by atoms with van der Waals surface area (Å²) in [4.78, 5) is 21.7. The summed E-state index contributed by atoms with van der Waals surface area (Å²) in [6, 6.07) is 9.23. The van der Waals surface area contributed by atoms with Crippen LogP contribution in [0.3, 0.4) is 0 Å². The third kappa shape index (κ3) is 3.67. The molecule has 28 heavy (non-hydrogen) atoms. The average molecular weight is 417 g/mol. The first kappa shape index (κ1) is 19.0. The van der Waals surface area contributed by atoms with Crippen molar-refractivity contribution < 1.29 is 0 Å². The van der Waals surface area contributed by atoms with Crippen LogP contribution in [0.4, 0.5) is 5.95 Å². The Bertz CT molecular complexity index is 1060. The molecule has 3 aromatic rings. The van der Waals surface area contributed by atoms with E-state index in [1.54, 1.807) is 36.3 Å². The van der Waals surface area contributed by atoms with Crippen molar-refractivity contribution in [3.05, 3.63) is 51.9 Å². The number of rotatable bonds is 4. The van der Waals surface area contributed by atoms with Gasteiger partial charge in [0.25, 0.3) is 5.56 Å². The van der Waals surface area contributed by atoms with Gasteiger partial charge in [-0.05, 0) is 31.2 Å². The molecule has 0 radical (unpaired) electrons. The van der Waals surface area contributed by atoms with Crippen LogP contribution >= 0.6 is 23.5 Å². The Morgan fingerprint density at radius 2 is 2.00 bits per heavy atom. The van der Waals surface area contributed by atoms with E-state index in [0.29, 0.717) is 39.2 Å². The molecule has 3 heterocycles. The third-order valence-corrected chi connectivity index (χ3v) is 6.19. The molecule has 0 amide bonds. The number of hydrogen-bond donors (Lipinski definition) is 2. The van der Waals surface area contributed by atoms with Gasteiger partial charge < -0.3 is 11.2 Å². The van der Waals surface area contributed by atoms with E-state index in [9.17, 15) is 4.79 Å². The van der Waals surface area contributed by atoms with Gasteiger partial charge in [0.1, 0.15) is 0 Å². The maximum absolute atomic E-state index is 12.8. The highest BCUT2D eigenvalue weighted by Gasteiger charge is 2.20. The lowest BCUT2D eigenvalue weighted by atomic mass is 10.1. The number of hydrogen-bond acceptors (Lipinski definition) is 7. The number of pyridine rings is 1. The Kier molecular flexibility index (Phi) is 5.43. The fourth-order valence-corrected chi connectivity index (χ4v) is 4.24. The van der Waals surface area contributed by atoms with E-state index in [-0.39, 0.29) is 5.56 Å². The smallest absolute Gasteiger partial charge is 0.278 e. The highest BCUT2D eigenvalue weighted by Crippen LogP contribution is 2.27. The summed E-state index contributed by atoms with van der Waals surface area (Å²) >= 11 is 8.02. The number of anilines is 1. The van der Waals surface area contributed by atoms with E-state index in [4.69, 9.17) is 17.4 Å². The lowest BCUT2D eigenvalue weighted by molar-refractivity contribution is 0.358. The van der Waals surface area contributed by atoms with Crippen LogP contribution in [0.5, 0.6) is 0 Å². The second-order valence-electron chi connectivity index (χ2n) is 6.72. The zero-order valence-electron chi connectivity index (χ0n) is 15.4. The summed E-state index contributed by atoms with van der Waals surface area (Å²) in [6.45, 7) is 2.05. The van der Waals surface area contributed by atoms with Gasteiger partial charge in [-0.2, -0.15) is 4.98 Å². The highest BCUT2D eigenvalue weighted by molar-refractivity contribution is 7.96. The number of benzene rings is 1. The largest absolute Gasteiger partial charge is 0.351 e. The lowest BCUT2D eigenvalue weighted by Gasteiger charge is -2.30. The molecule has 1 aliphatic heterocycles. The zero-order chi connectivity index (χ0) is 19.7. The highest BCUT2D eigenvalue weighted by atomic mass is 35.5. The molecule has 2 aromatic heterocycles. The lowest BCUT2D eigenvalue weighted by Crippen LogP contribution is -2.36. The average Bonchev–Trinajstić information content (AvgIpc) is 2.72. The number of piperidine rings is 1.